The van der Waals surface area contributed by atoms with Crippen molar-refractivity contribution in [1.82, 2.24) is 0 Å². The van der Waals surface area contributed by atoms with Crippen LogP contribution in [0.5, 0.6) is 0 Å². The van der Waals surface area contributed by atoms with Crippen molar-refractivity contribution in [3.8, 4) is 0 Å². The quantitative estimate of drug-likeness (QED) is 0.517. The van der Waals surface area contributed by atoms with E-state index in [1.807, 2.05) is 6.92 Å². The average molecular weight is 186 g/mol. The fourth-order valence-electron chi connectivity index (χ4n) is 1.10. The molecule has 0 aromatic heterocycles. The third-order valence-electron chi connectivity index (χ3n) is 2.05. The van der Waals surface area contributed by atoms with E-state index in [-0.39, 0.29) is 5.78 Å². The van der Waals surface area contributed by atoms with E-state index < -0.39 is 0 Å². The van der Waals surface area contributed by atoms with Crippen molar-refractivity contribution >= 4 is 5.78 Å². The molecule has 0 aromatic carbocycles. The lowest BCUT2D eigenvalue weighted by molar-refractivity contribution is -0.123. The predicted molar refractivity (Wildman–Crippen MR) is 54.9 cm³/mol. The van der Waals surface area contributed by atoms with Crippen molar-refractivity contribution < 1.29 is 9.53 Å². The van der Waals surface area contributed by atoms with Crippen LogP contribution in [-0.4, -0.2) is 19.0 Å². The lowest BCUT2D eigenvalue weighted by Crippen LogP contribution is -2.07. The number of ether oxygens (including phenoxy) is 1. The van der Waals surface area contributed by atoms with E-state index in [2.05, 4.69) is 6.92 Å². The van der Waals surface area contributed by atoms with E-state index in [0.717, 1.165) is 13.0 Å². The third kappa shape index (κ3) is 9.54. The van der Waals surface area contributed by atoms with Crippen molar-refractivity contribution in [2.75, 3.05) is 13.2 Å². The van der Waals surface area contributed by atoms with Crippen LogP contribution >= 0.6 is 0 Å². The molecule has 0 unspecified atom stereocenters. The maximum absolute atomic E-state index is 10.8. The number of carbonyl (C=O) groups excluding carboxylic acids is 1. The molecule has 0 aliphatic rings. The van der Waals surface area contributed by atoms with Gasteiger partial charge in [-0.05, 0) is 6.42 Å². The normalized spacial score (nSPS) is 10.3. The van der Waals surface area contributed by atoms with Gasteiger partial charge in [0, 0.05) is 13.0 Å². The molecule has 0 radical (unpaired) electrons. The van der Waals surface area contributed by atoms with Gasteiger partial charge in [0.1, 0.15) is 6.61 Å². The summed E-state index contributed by atoms with van der Waals surface area (Å²) in [7, 11) is 0. The standard InChI is InChI=1S/C11H22O2/c1-3-5-6-7-8-9-13-10-11(12)4-2/h3-10H2,1-2H3. The Morgan fingerprint density at radius 2 is 1.77 bits per heavy atom. The topological polar surface area (TPSA) is 26.3 Å². The molecule has 0 saturated heterocycles. The van der Waals surface area contributed by atoms with E-state index in [9.17, 15) is 4.79 Å². The van der Waals surface area contributed by atoms with Gasteiger partial charge in [0.2, 0.25) is 0 Å². The molecule has 0 atom stereocenters. The van der Waals surface area contributed by atoms with E-state index in [0.29, 0.717) is 13.0 Å². The highest BCUT2D eigenvalue weighted by Crippen LogP contribution is 2.02. The molecule has 78 valence electrons. The van der Waals surface area contributed by atoms with Crippen LogP contribution in [0.2, 0.25) is 0 Å². The minimum Gasteiger partial charge on any atom is -0.374 e. The molecule has 0 fully saturated rings. The SMILES string of the molecule is CCCCCCCOCC(=O)CC. The van der Waals surface area contributed by atoms with E-state index in [1.165, 1.54) is 25.7 Å². The summed E-state index contributed by atoms with van der Waals surface area (Å²) in [6, 6.07) is 0. The molecule has 0 amide bonds. The molecule has 0 aliphatic carbocycles. The van der Waals surface area contributed by atoms with Crippen LogP contribution in [0.1, 0.15) is 52.4 Å². The summed E-state index contributed by atoms with van der Waals surface area (Å²) < 4.78 is 5.22. The average Bonchev–Trinajstić information content (AvgIpc) is 2.16. The second kappa shape index (κ2) is 9.72. The maximum atomic E-state index is 10.8. The second-order valence-corrected chi connectivity index (χ2v) is 3.36. The van der Waals surface area contributed by atoms with Gasteiger partial charge in [-0.15, -0.1) is 0 Å². The zero-order valence-corrected chi connectivity index (χ0v) is 8.97. The third-order valence-corrected chi connectivity index (χ3v) is 2.05. The van der Waals surface area contributed by atoms with Gasteiger partial charge in [-0.3, -0.25) is 4.79 Å². The van der Waals surface area contributed by atoms with Gasteiger partial charge in [-0.2, -0.15) is 0 Å². The maximum Gasteiger partial charge on any atom is 0.158 e. The monoisotopic (exact) mass is 186 g/mol. The highest BCUT2D eigenvalue weighted by atomic mass is 16.5. The van der Waals surface area contributed by atoms with E-state index in [1.54, 1.807) is 0 Å². The summed E-state index contributed by atoms with van der Waals surface area (Å²) in [5.41, 5.74) is 0. The molecule has 0 saturated carbocycles. The molecule has 0 aromatic rings. The fraction of sp³-hybridized carbons (Fsp3) is 0.909. The number of unbranched alkanes of at least 4 members (excludes halogenated alkanes) is 4. The van der Waals surface area contributed by atoms with Crippen molar-refractivity contribution in [2.45, 2.75) is 52.4 Å². The molecular formula is C11H22O2. The van der Waals surface area contributed by atoms with Crippen LogP contribution in [0, 0.1) is 0 Å². The summed E-state index contributed by atoms with van der Waals surface area (Å²) in [5.74, 6) is 0.202. The first kappa shape index (κ1) is 12.6. The fourth-order valence-corrected chi connectivity index (χ4v) is 1.10. The number of carbonyl (C=O) groups is 1. The number of Topliss-reactive ketones (excluding diaryl/α,β-unsaturated/α-hetero) is 1. The van der Waals surface area contributed by atoms with Gasteiger partial charge >= 0.3 is 0 Å². The first-order valence-corrected chi connectivity index (χ1v) is 5.40. The number of hydrogen-bond acceptors (Lipinski definition) is 2. The molecule has 2 nitrogen and oxygen atoms in total. The van der Waals surface area contributed by atoms with Crippen LogP contribution in [-0.2, 0) is 9.53 Å². The molecule has 0 bridgehead atoms. The summed E-state index contributed by atoms with van der Waals surface area (Å²) in [6.07, 6.45) is 6.80. The van der Waals surface area contributed by atoms with Crippen LogP contribution in [0.3, 0.4) is 0 Å². The molecule has 13 heavy (non-hydrogen) atoms. The Labute approximate surface area is 81.7 Å². The van der Waals surface area contributed by atoms with Gasteiger partial charge in [-0.25, -0.2) is 0 Å². The molecule has 0 aliphatic heterocycles. The van der Waals surface area contributed by atoms with Crippen LogP contribution in [0.25, 0.3) is 0 Å². The van der Waals surface area contributed by atoms with Gasteiger partial charge in [0.05, 0.1) is 0 Å². The number of hydrogen-bond donors (Lipinski definition) is 0. The van der Waals surface area contributed by atoms with Crippen molar-refractivity contribution in [2.24, 2.45) is 0 Å². The van der Waals surface area contributed by atoms with E-state index in [4.69, 9.17) is 4.74 Å². The van der Waals surface area contributed by atoms with Crippen LogP contribution in [0.4, 0.5) is 0 Å². The Bertz CT molecular complexity index is 121. The Kier molecular flexibility index (Phi) is 9.44. The summed E-state index contributed by atoms with van der Waals surface area (Å²) in [6.45, 7) is 5.13. The first-order chi connectivity index (χ1) is 6.31. The van der Waals surface area contributed by atoms with Gasteiger partial charge < -0.3 is 4.74 Å². The molecule has 0 rings (SSSR count). The minimum absolute atomic E-state index is 0.202. The largest absolute Gasteiger partial charge is 0.374 e. The summed E-state index contributed by atoms with van der Waals surface area (Å²) >= 11 is 0. The molecule has 0 N–H and O–H groups in total. The highest BCUT2D eigenvalue weighted by Gasteiger charge is 1.96. The Morgan fingerprint density at radius 3 is 2.38 bits per heavy atom. The highest BCUT2D eigenvalue weighted by molar-refractivity contribution is 5.79. The summed E-state index contributed by atoms with van der Waals surface area (Å²) in [5, 5.41) is 0. The Morgan fingerprint density at radius 1 is 1.08 bits per heavy atom. The zero-order valence-electron chi connectivity index (χ0n) is 8.97. The Balaban J connectivity index is 2.95. The predicted octanol–water partition coefficient (Wildman–Crippen LogP) is 2.95. The Hall–Kier alpha value is -0.370. The zero-order chi connectivity index (χ0) is 9.94. The minimum atomic E-state index is 0.202. The van der Waals surface area contributed by atoms with Gasteiger partial charge in [0.25, 0.3) is 0 Å². The van der Waals surface area contributed by atoms with Crippen molar-refractivity contribution in [1.29, 1.82) is 0 Å². The van der Waals surface area contributed by atoms with Gasteiger partial charge in [-0.1, -0.05) is 39.5 Å². The van der Waals surface area contributed by atoms with E-state index >= 15 is 0 Å². The van der Waals surface area contributed by atoms with Gasteiger partial charge in [0.15, 0.2) is 5.78 Å². The molecule has 2 heteroatoms. The summed E-state index contributed by atoms with van der Waals surface area (Å²) in [4.78, 5) is 10.8. The van der Waals surface area contributed by atoms with Crippen molar-refractivity contribution in [3.05, 3.63) is 0 Å². The molecular weight excluding hydrogens is 164 g/mol. The smallest absolute Gasteiger partial charge is 0.158 e. The second-order valence-electron chi connectivity index (χ2n) is 3.36. The number of ketones is 1. The lowest BCUT2D eigenvalue weighted by atomic mass is 10.2. The number of rotatable bonds is 9. The van der Waals surface area contributed by atoms with Crippen molar-refractivity contribution in [3.63, 3.8) is 0 Å². The molecule has 0 spiro atoms. The lowest BCUT2D eigenvalue weighted by Gasteiger charge is -2.01. The van der Waals surface area contributed by atoms with Crippen LogP contribution in [0.15, 0.2) is 0 Å². The van der Waals surface area contributed by atoms with Crippen LogP contribution < -0.4 is 0 Å². The first-order valence-electron chi connectivity index (χ1n) is 5.40. The molecule has 0 heterocycles.